The van der Waals surface area contributed by atoms with Crippen LogP contribution in [0.2, 0.25) is 0 Å². The number of benzene rings is 1. The molecule has 0 aliphatic carbocycles. The second-order valence-electron chi connectivity index (χ2n) is 4.49. The molecule has 0 bridgehead atoms. The highest BCUT2D eigenvalue weighted by molar-refractivity contribution is 7.10. The standard InChI is InChI=1S/C17H17NO2S/c1-18(12-11-17(19)20-2)16-8-4-3-6-14(16)9-10-15-7-5-13-21-15/h3-8,13H,11-12H2,1-2H3. The SMILES string of the molecule is COC(=O)CCN(C)c1ccccc1C#Cc1cccs1. The number of esters is 1. The van der Waals surface area contributed by atoms with Crippen molar-refractivity contribution in [2.45, 2.75) is 6.42 Å². The van der Waals surface area contributed by atoms with Gasteiger partial charge in [-0.3, -0.25) is 4.79 Å². The van der Waals surface area contributed by atoms with Crippen molar-refractivity contribution < 1.29 is 9.53 Å². The summed E-state index contributed by atoms with van der Waals surface area (Å²) in [4.78, 5) is 14.3. The number of carbonyl (C=O) groups excluding carboxylic acids is 1. The van der Waals surface area contributed by atoms with Gasteiger partial charge in [0.25, 0.3) is 0 Å². The molecule has 21 heavy (non-hydrogen) atoms. The third kappa shape index (κ3) is 4.37. The fraction of sp³-hybridized carbons (Fsp3) is 0.235. The molecular formula is C17H17NO2S. The normalized spacial score (nSPS) is 9.62. The second kappa shape index (κ2) is 7.51. The molecular weight excluding hydrogens is 282 g/mol. The Morgan fingerprint density at radius 2 is 2.05 bits per heavy atom. The van der Waals surface area contributed by atoms with Crippen LogP contribution in [0.4, 0.5) is 5.69 Å². The van der Waals surface area contributed by atoms with Gasteiger partial charge in [0.05, 0.1) is 24.1 Å². The molecule has 0 aliphatic heterocycles. The number of hydrogen-bond donors (Lipinski definition) is 0. The van der Waals surface area contributed by atoms with Crippen LogP contribution in [0.15, 0.2) is 41.8 Å². The van der Waals surface area contributed by atoms with Crippen LogP contribution in [-0.2, 0) is 9.53 Å². The van der Waals surface area contributed by atoms with Crippen molar-refractivity contribution in [1.82, 2.24) is 0 Å². The van der Waals surface area contributed by atoms with Crippen LogP contribution in [0.3, 0.4) is 0 Å². The van der Waals surface area contributed by atoms with E-state index < -0.39 is 0 Å². The average Bonchev–Trinajstić information content (AvgIpc) is 3.04. The Morgan fingerprint density at radius 3 is 2.76 bits per heavy atom. The number of anilines is 1. The Hall–Kier alpha value is -2.25. The Kier molecular flexibility index (Phi) is 5.42. The van der Waals surface area contributed by atoms with Gasteiger partial charge in [-0.25, -0.2) is 0 Å². The van der Waals surface area contributed by atoms with Crippen molar-refractivity contribution >= 4 is 23.0 Å². The van der Waals surface area contributed by atoms with E-state index in [1.807, 2.05) is 53.7 Å². The van der Waals surface area contributed by atoms with Gasteiger partial charge >= 0.3 is 5.97 Å². The summed E-state index contributed by atoms with van der Waals surface area (Å²) in [6, 6.07) is 11.9. The van der Waals surface area contributed by atoms with Gasteiger partial charge in [0.2, 0.25) is 0 Å². The highest BCUT2D eigenvalue weighted by atomic mass is 32.1. The van der Waals surface area contributed by atoms with E-state index in [4.69, 9.17) is 0 Å². The van der Waals surface area contributed by atoms with Crippen LogP contribution in [-0.4, -0.2) is 26.7 Å². The van der Waals surface area contributed by atoms with Crippen molar-refractivity contribution in [3.8, 4) is 11.8 Å². The maximum Gasteiger partial charge on any atom is 0.307 e. The summed E-state index contributed by atoms with van der Waals surface area (Å²) >= 11 is 1.63. The van der Waals surface area contributed by atoms with Crippen LogP contribution in [0.25, 0.3) is 0 Å². The van der Waals surface area contributed by atoms with Crippen molar-refractivity contribution in [3.05, 3.63) is 52.2 Å². The van der Waals surface area contributed by atoms with Gasteiger partial charge in [-0.2, -0.15) is 0 Å². The minimum atomic E-state index is -0.205. The van der Waals surface area contributed by atoms with E-state index in [9.17, 15) is 4.79 Å². The van der Waals surface area contributed by atoms with E-state index in [1.54, 1.807) is 11.3 Å². The lowest BCUT2D eigenvalue weighted by atomic mass is 10.1. The third-order valence-electron chi connectivity index (χ3n) is 3.04. The summed E-state index contributed by atoms with van der Waals surface area (Å²) in [7, 11) is 3.36. The first kappa shape index (κ1) is 15.1. The fourth-order valence-corrected chi connectivity index (χ4v) is 2.44. The molecule has 0 saturated carbocycles. The summed E-state index contributed by atoms with van der Waals surface area (Å²) in [6.45, 7) is 0.602. The first-order valence-corrected chi connectivity index (χ1v) is 7.51. The van der Waals surface area contributed by atoms with Crippen molar-refractivity contribution in [3.63, 3.8) is 0 Å². The van der Waals surface area contributed by atoms with Gasteiger partial charge in [-0.15, -0.1) is 11.3 Å². The highest BCUT2D eigenvalue weighted by Crippen LogP contribution is 2.19. The summed E-state index contributed by atoms with van der Waals surface area (Å²) in [5.41, 5.74) is 1.98. The molecule has 2 aromatic rings. The monoisotopic (exact) mass is 299 g/mol. The van der Waals surface area contributed by atoms with E-state index in [1.165, 1.54) is 7.11 Å². The zero-order chi connectivity index (χ0) is 15.1. The zero-order valence-corrected chi connectivity index (χ0v) is 12.9. The molecule has 1 aromatic heterocycles. The van der Waals surface area contributed by atoms with E-state index in [-0.39, 0.29) is 5.97 Å². The average molecular weight is 299 g/mol. The Bertz CT molecular complexity index is 653. The minimum absolute atomic E-state index is 0.205. The van der Waals surface area contributed by atoms with Gasteiger partial charge in [-0.05, 0) is 23.6 Å². The van der Waals surface area contributed by atoms with Gasteiger partial charge < -0.3 is 9.64 Å². The molecule has 0 fully saturated rings. The summed E-state index contributed by atoms with van der Waals surface area (Å²) in [5, 5.41) is 2.01. The lowest BCUT2D eigenvalue weighted by Gasteiger charge is -2.20. The number of carbonyl (C=O) groups is 1. The van der Waals surface area contributed by atoms with Crippen LogP contribution < -0.4 is 4.90 Å². The number of thiophene rings is 1. The van der Waals surface area contributed by atoms with E-state index >= 15 is 0 Å². The molecule has 4 heteroatoms. The molecule has 0 aliphatic rings. The number of para-hydroxylation sites is 1. The molecule has 0 atom stereocenters. The minimum Gasteiger partial charge on any atom is -0.469 e. The first-order chi connectivity index (χ1) is 10.2. The molecule has 0 unspecified atom stereocenters. The first-order valence-electron chi connectivity index (χ1n) is 6.63. The molecule has 1 heterocycles. The summed E-state index contributed by atoms with van der Waals surface area (Å²) < 4.78 is 4.67. The Morgan fingerprint density at radius 1 is 1.24 bits per heavy atom. The Labute approximate surface area is 129 Å². The van der Waals surface area contributed by atoms with Crippen molar-refractivity contribution in [1.29, 1.82) is 0 Å². The quantitative estimate of drug-likeness (QED) is 0.641. The molecule has 3 nitrogen and oxygen atoms in total. The van der Waals surface area contributed by atoms with E-state index in [0.29, 0.717) is 13.0 Å². The van der Waals surface area contributed by atoms with Crippen LogP contribution in [0.5, 0.6) is 0 Å². The smallest absolute Gasteiger partial charge is 0.307 e. The van der Waals surface area contributed by atoms with Crippen LogP contribution in [0, 0.1) is 11.8 Å². The highest BCUT2D eigenvalue weighted by Gasteiger charge is 2.08. The molecule has 0 saturated heterocycles. The van der Waals surface area contributed by atoms with E-state index in [0.717, 1.165) is 16.1 Å². The predicted octanol–water partition coefficient (Wildman–Crippen LogP) is 3.15. The zero-order valence-electron chi connectivity index (χ0n) is 12.1. The molecule has 1 aromatic carbocycles. The third-order valence-corrected chi connectivity index (χ3v) is 3.82. The molecule has 0 N–H and O–H groups in total. The second-order valence-corrected chi connectivity index (χ2v) is 5.44. The summed E-state index contributed by atoms with van der Waals surface area (Å²) in [6.07, 6.45) is 0.361. The number of nitrogens with zero attached hydrogens (tertiary/aromatic N) is 1. The van der Waals surface area contributed by atoms with Gasteiger partial charge in [0.1, 0.15) is 0 Å². The van der Waals surface area contributed by atoms with Crippen molar-refractivity contribution in [2.24, 2.45) is 0 Å². The van der Waals surface area contributed by atoms with E-state index in [2.05, 4.69) is 16.6 Å². The van der Waals surface area contributed by atoms with Crippen molar-refractivity contribution in [2.75, 3.05) is 25.6 Å². The van der Waals surface area contributed by atoms with Gasteiger partial charge in [-0.1, -0.05) is 30.0 Å². The largest absolute Gasteiger partial charge is 0.469 e. The number of ether oxygens (including phenoxy) is 1. The predicted molar refractivity (Wildman–Crippen MR) is 86.6 cm³/mol. The molecule has 108 valence electrons. The van der Waals surface area contributed by atoms with Crippen LogP contribution >= 0.6 is 11.3 Å². The maximum atomic E-state index is 11.2. The number of methoxy groups -OCH3 is 1. The van der Waals surface area contributed by atoms with Crippen LogP contribution in [0.1, 0.15) is 16.9 Å². The lowest BCUT2D eigenvalue weighted by molar-refractivity contribution is -0.140. The van der Waals surface area contributed by atoms with Gasteiger partial charge in [0, 0.05) is 19.2 Å². The number of rotatable bonds is 4. The topological polar surface area (TPSA) is 29.5 Å². The maximum absolute atomic E-state index is 11.2. The molecule has 0 amide bonds. The lowest BCUT2D eigenvalue weighted by Crippen LogP contribution is -2.22. The molecule has 0 spiro atoms. The molecule has 2 rings (SSSR count). The van der Waals surface area contributed by atoms with Gasteiger partial charge in [0.15, 0.2) is 0 Å². The Balaban J connectivity index is 2.14. The fourth-order valence-electron chi connectivity index (χ4n) is 1.87. The number of hydrogen-bond acceptors (Lipinski definition) is 4. The molecule has 0 radical (unpaired) electrons. The summed E-state index contributed by atoms with van der Waals surface area (Å²) in [5.74, 6) is 6.16.